The molecule has 0 atom stereocenters. The average Bonchev–Trinajstić information content (AvgIpc) is 3.22. The van der Waals surface area contributed by atoms with Crippen LogP contribution in [0.4, 0.5) is 10.1 Å². The predicted octanol–water partition coefficient (Wildman–Crippen LogP) is 3.42. The molecule has 2 heterocycles. The van der Waals surface area contributed by atoms with E-state index in [1.54, 1.807) is 29.5 Å². The highest BCUT2D eigenvalue weighted by Gasteiger charge is 2.34. The van der Waals surface area contributed by atoms with Crippen molar-refractivity contribution in [2.75, 3.05) is 4.90 Å². The highest BCUT2D eigenvalue weighted by molar-refractivity contribution is 7.80. The first kappa shape index (κ1) is 14.5. The van der Waals surface area contributed by atoms with Crippen LogP contribution in [0.3, 0.4) is 0 Å². The molecule has 1 aliphatic carbocycles. The number of nitrogens with one attached hydrogen (secondary N) is 1. The number of thiocarbonyl (C=S) groups is 1. The van der Waals surface area contributed by atoms with Crippen LogP contribution in [0.2, 0.25) is 0 Å². The van der Waals surface area contributed by atoms with Gasteiger partial charge in [-0.05, 0) is 43.3 Å². The predicted molar refractivity (Wildman–Crippen MR) is 91.7 cm³/mol. The number of carbonyl (C=O) groups excluding carboxylic acids is 1. The molecule has 0 unspecified atom stereocenters. The minimum Gasteiger partial charge on any atom is -0.327 e. The molecule has 1 aromatic heterocycles. The lowest BCUT2D eigenvalue weighted by Gasteiger charge is -2.14. The van der Waals surface area contributed by atoms with E-state index in [4.69, 9.17) is 12.2 Å². The smallest absolute Gasteiger partial charge is 0.281 e. The summed E-state index contributed by atoms with van der Waals surface area (Å²) in [5.41, 5.74) is 1.19. The maximum absolute atomic E-state index is 13.9. The van der Waals surface area contributed by atoms with Crippen molar-refractivity contribution >= 4 is 46.3 Å². The molecule has 2 aliphatic rings. The number of hydrogen-bond donors (Lipinski definition) is 1. The van der Waals surface area contributed by atoms with Crippen LogP contribution in [0, 0.1) is 5.82 Å². The number of anilines is 1. The average molecular weight is 345 g/mol. The van der Waals surface area contributed by atoms with E-state index < -0.39 is 5.82 Å². The fraction of sp³-hybridized carbons (Fsp3) is 0.188. The van der Waals surface area contributed by atoms with E-state index in [-0.39, 0.29) is 16.7 Å². The molecule has 1 saturated carbocycles. The van der Waals surface area contributed by atoms with Gasteiger partial charge in [-0.1, -0.05) is 12.1 Å². The summed E-state index contributed by atoms with van der Waals surface area (Å²) in [5, 5.41) is 6.05. The van der Waals surface area contributed by atoms with Gasteiger partial charge in [-0.25, -0.2) is 14.3 Å². The zero-order chi connectivity index (χ0) is 16.0. The molecule has 0 bridgehead atoms. The normalized spacial score (nSPS) is 19.5. The van der Waals surface area contributed by atoms with Crippen molar-refractivity contribution in [3.05, 3.63) is 51.9 Å². The number of halogens is 1. The van der Waals surface area contributed by atoms with Gasteiger partial charge in [0.05, 0.1) is 16.4 Å². The van der Waals surface area contributed by atoms with Gasteiger partial charge in [0, 0.05) is 11.3 Å². The topological polar surface area (TPSA) is 45.2 Å². The summed E-state index contributed by atoms with van der Waals surface area (Å²) in [7, 11) is 0. The van der Waals surface area contributed by atoms with Gasteiger partial charge in [-0.2, -0.15) is 0 Å². The maximum atomic E-state index is 13.9. The van der Waals surface area contributed by atoms with Crippen molar-refractivity contribution in [3.8, 4) is 0 Å². The summed E-state index contributed by atoms with van der Waals surface area (Å²) < 4.78 is 13.9. The molecule has 1 aromatic carbocycles. The van der Waals surface area contributed by atoms with Crippen LogP contribution in [0.5, 0.6) is 0 Å². The Morgan fingerprint density at radius 1 is 1.39 bits per heavy atom. The van der Waals surface area contributed by atoms with Gasteiger partial charge >= 0.3 is 0 Å². The minimum atomic E-state index is -0.490. The number of thiazole rings is 1. The maximum Gasteiger partial charge on any atom is 0.281 e. The molecular formula is C16H12FN3OS2. The molecule has 7 heteroatoms. The summed E-state index contributed by atoms with van der Waals surface area (Å²) in [6, 6.07) is 6.06. The Balaban J connectivity index is 1.63. The van der Waals surface area contributed by atoms with Crippen molar-refractivity contribution in [2.45, 2.75) is 18.8 Å². The Labute approximate surface area is 141 Å². The van der Waals surface area contributed by atoms with Gasteiger partial charge in [0.25, 0.3) is 5.91 Å². The Hall–Kier alpha value is -2.12. The van der Waals surface area contributed by atoms with Gasteiger partial charge < -0.3 is 5.32 Å². The van der Waals surface area contributed by atoms with E-state index in [0.29, 0.717) is 11.6 Å². The molecule has 23 heavy (non-hydrogen) atoms. The number of rotatable bonds is 3. The van der Waals surface area contributed by atoms with E-state index in [2.05, 4.69) is 10.3 Å². The SMILES string of the molecule is O=C1/C(=C/c2csc(C3CC3)n2)NC(=S)N1c1ccccc1F. The molecule has 116 valence electrons. The van der Waals surface area contributed by atoms with Crippen molar-refractivity contribution in [1.29, 1.82) is 0 Å². The third kappa shape index (κ3) is 2.66. The summed E-state index contributed by atoms with van der Waals surface area (Å²) in [5.74, 6) is -0.285. The van der Waals surface area contributed by atoms with Gasteiger partial charge in [-0.3, -0.25) is 4.79 Å². The lowest BCUT2D eigenvalue weighted by atomic mass is 10.2. The highest BCUT2D eigenvalue weighted by atomic mass is 32.1. The second-order valence-electron chi connectivity index (χ2n) is 5.47. The van der Waals surface area contributed by atoms with Gasteiger partial charge in [-0.15, -0.1) is 11.3 Å². The standard InChI is InChI=1S/C16H12FN3OS2/c17-11-3-1-2-4-13(11)20-15(21)12(19-16(20)22)7-10-8-23-14(18-10)9-5-6-9/h1-4,7-9H,5-6H2,(H,19,22)/b12-7-. The molecular weight excluding hydrogens is 333 g/mol. The number of hydrogen-bond acceptors (Lipinski definition) is 4. The molecule has 1 N–H and O–H groups in total. The van der Waals surface area contributed by atoms with Gasteiger partial charge in [0.1, 0.15) is 11.5 Å². The fourth-order valence-electron chi connectivity index (χ4n) is 2.42. The highest BCUT2D eigenvalue weighted by Crippen LogP contribution is 2.41. The monoisotopic (exact) mass is 345 g/mol. The fourth-order valence-corrected chi connectivity index (χ4v) is 3.66. The van der Waals surface area contributed by atoms with Crippen LogP contribution in [0.25, 0.3) is 6.08 Å². The Morgan fingerprint density at radius 2 is 2.17 bits per heavy atom. The van der Waals surface area contributed by atoms with Crippen molar-refractivity contribution in [3.63, 3.8) is 0 Å². The van der Waals surface area contributed by atoms with Crippen molar-refractivity contribution in [2.24, 2.45) is 0 Å². The Kier molecular flexibility index (Phi) is 3.46. The van der Waals surface area contributed by atoms with Crippen LogP contribution in [0.1, 0.15) is 29.5 Å². The molecule has 1 aliphatic heterocycles. The number of aromatic nitrogens is 1. The summed E-state index contributed by atoms with van der Waals surface area (Å²) in [6.07, 6.45) is 4.04. The van der Waals surface area contributed by atoms with Crippen LogP contribution in [-0.2, 0) is 4.79 Å². The van der Waals surface area contributed by atoms with Crippen LogP contribution in [0.15, 0.2) is 35.3 Å². The zero-order valence-corrected chi connectivity index (χ0v) is 13.6. The number of carbonyl (C=O) groups is 1. The molecule has 2 aromatic rings. The van der Waals surface area contributed by atoms with E-state index in [1.165, 1.54) is 29.9 Å². The second kappa shape index (κ2) is 5.50. The van der Waals surface area contributed by atoms with E-state index in [0.717, 1.165) is 10.7 Å². The third-order valence-corrected chi connectivity index (χ3v) is 5.04. The Morgan fingerprint density at radius 3 is 2.91 bits per heavy atom. The first-order valence-electron chi connectivity index (χ1n) is 7.20. The molecule has 1 amide bonds. The quantitative estimate of drug-likeness (QED) is 0.684. The minimum absolute atomic E-state index is 0.148. The first-order valence-corrected chi connectivity index (χ1v) is 8.49. The molecule has 1 saturated heterocycles. The molecule has 4 nitrogen and oxygen atoms in total. The van der Waals surface area contributed by atoms with E-state index in [1.807, 2.05) is 5.38 Å². The number of para-hydroxylation sites is 1. The molecule has 4 rings (SSSR count). The number of benzene rings is 1. The summed E-state index contributed by atoms with van der Waals surface area (Å²) in [4.78, 5) is 18.2. The van der Waals surface area contributed by atoms with E-state index >= 15 is 0 Å². The molecule has 0 radical (unpaired) electrons. The molecule has 0 spiro atoms. The summed E-state index contributed by atoms with van der Waals surface area (Å²) >= 11 is 6.78. The second-order valence-corrected chi connectivity index (χ2v) is 6.74. The largest absolute Gasteiger partial charge is 0.327 e. The lowest BCUT2D eigenvalue weighted by molar-refractivity contribution is -0.113. The third-order valence-electron chi connectivity index (χ3n) is 3.73. The number of nitrogens with zero attached hydrogens (tertiary/aromatic N) is 2. The van der Waals surface area contributed by atoms with Crippen molar-refractivity contribution in [1.82, 2.24) is 10.3 Å². The number of amides is 1. The Bertz CT molecular complexity index is 841. The molecule has 2 fully saturated rings. The van der Waals surface area contributed by atoms with Gasteiger partial charge in [0.2, 0.25) is 0 Å². The first-order chi connectivity index (χ1) is 11.1. The van der Waals surface area contributed by atoms with Crippen LogP contribution < -0.4 is 10.2 Å². The van der Waals surface area contributed by atoms with Crippen molar-refractivity contribution < 1.29 is 9.18 Å². The van der Waals surface area contributed by atoms with E-state index in [9.17, 15) is 9.18 Å². The summed E-state index contributed by atoms with van der Waals surface area (Å²) in [6.45, 7) is 0. The van der Waals surface area contributed by atoms with Crippen LogP contribution in [-0.4, -0.2) is 16.0 Å². The van der Waals surface area contributed by atoms with Crippen LogP contribution >= 0.6 is 23.6 Å². The van der Waals surface area contributed by atoms with Gasteiger partial charge in [0.15, 0.2) is 5.11 Å². The lowest BCUT2D eigenvalue weighted by Crippen LogP contribution is -2.31. The zero-order valence-electron chi connectivity index (χ0n) is 12.0.